The maximum atomic E-state index is 10.7. The first-order valence-corrected chi connectivity index (χ1v) is 17.2. The molecule has 0 unspecified atom stereocenters. The molecule has 1 aliphatic rings. The molecule has 238 valence electrons. The predicted molar refractivity (Wildman–Crippen MR) is 185 cm³/mol. The average molecular weight is 743 g/mol. The molecule has 4 atom stereocenters. The second-order valence-corrected chi connectivity index (χ2v) is 12.5. The zero-order valence-electron chi connectivity index (χ0n) is 25.4. The first kappa shape index (κ1) is 33.9. The fourth-order valence-corrected chi connectivity index (χ4v) is 5.98. The molecule has 4 aromatic carbocycles. The summed E-state index contributed by atoms with van der Waals surface area (Å²) in [6, 6.07) is 34.1. The number of hydrogen-bond donors (Lipinski definition) is 1. The Bertz CT molecular complexity index is 1460. The van der Waals surface area contributed by atoms with E-state index in [4.69, 9.17) is 35.3 Å². The van der Waals surface area contributed by atoms with Gasteiger partial charge in [0.05, 0.1) is 39.1 Å². The minimum atomic E-state index is -1.25. The van der Waals surface area contributed by atoms with Crippen molar-refractivity contribution in [1.82, 2.24) is 0 Å². The number of hydrogen-bond acceptors (Lipinski definition) is 6. The summed E-state index contributed by atoms with van der Waals surface area (Å²) >= 11 is 9.02. The smallest absolute Gasteiger partial charge is 0.194 e. The van der Waals surface area contributed by atoms with Crippen molar-refractivity contribution in [3.05, 3.63) is 136 Å². The molecule has 0 aliphatic carbocycles. The van der Waals surface area contributed by atoms with E-state index < -0.39 is 24.1 Å². The van der Waals surface area contributed by atoms with Crippen LogP contribution in [0.2, 0.25) is 5.02 Å². The molecule has 0 spiro atoms. The first-order valence-electron chi connectivity index (χ1n) is 15.3. The van der Waals surface area contributed by atoms with Gasteiger partial charge in [-0.25, -0.2) is 0 Å². The number of aliphatic hydroxyl groups excluding tert-OH is 1. The minimum absolute atomic E-state index is 0.315. The summed E-state index contributed by atoms with van der Waals surface area (Å²) in [5.41, 5.74) is 5.04. The van der Waals surface area contributed by atoms with Gasteiger partial charge in [0, 0.05) is 15.9 Å². The lowest BCUT2D eigenvalue weighted by atomic mass is 9.89. The first-order chi connectivity index (χ1) is 22.0. The van der Waals surface area contributed by atoms with Crippen LogP contribution in [0.25, 0.3) is 0 Å². The quantitative estimate of drug-likeness (QED) is 0.0982. The Labute approximate surface area is 284 Å². The van der Waals surface area contributed by atoms with E-state index >= 15 is 0 Å². The maximum Gasteiger partial charge on any atom is 0.194 e. The Kier molecular flexibility index (Phi) is 12.7. The van der Waals surface area contributed by atoms with Crippen LogP contribution in [0.4, 0.5) is 0 Å². The van der Waals surface area contributed by atoms with E-state index in [0.717, 1.165) is 38.0 Å². The standard InChI is InChI=1S/C37H40ClIO6/c1-2-41-32-16-13-27(14-17-32)21-31-22-30(15-18-33(31)38)35-36(43-25-29-11-7-4-8-12-29)34(42-24-28-9-5-3-6-10-28)23-37(26-40,45-35)44-20-19-39/h3-18,22,34-36,40H,2,19-21,23-26H2,1H3/t34-,35-,36-,37+/m0/s1. The highest BCUT2D eigenvalue weighted by Crippen LogP contribution is 2.42. The van der Waals surface area contributed by atoms with Crippen LogP contribution in [0.15, 0.2) is 103 Å². The second kappa shape index (κ2) is 16.9. The van der Waals surface area contributed by atoms with E-state index in [9.17, 15) is 5.11 Å². The minimum Gasteiger partial charge on any atom is -0.494 e. The van der Waals surface area contributed by atoms with Crippen LogP contribution in [0.5, 0.6) is 5.75 Å². The summed E-state index contributed by atoms with van der Waals surface area (Å²) in [4.78, 5) is 0. The van der Waals surface area contributed by atoms with Crippen molar-refractivity contribution < 1.29 is 28.8 Å². The van der Waals surface area contributed by atoms with E-state index in [1.807, 2.05) is 91.9 Å². The maximum absolute atomic E-state index is 10.7. The van der Waals surface area contributed by atoms with Crippen molar-refractivity contribution in [2.24, 2.45) is 0 Å². The lowest BCUT2D eigenvalue weighted by Crippen LogP contribution is -2.55. The molecular weight excluding hydrogens is 703 g/mol. The third-order valence-electron chi connectivity index (χ3n) is 7.82. The van der Waals surface area contributed by atoms with Crippen molar-refractivity contribution in [3.8, 4) is 5.75 Å². The van der Waals surface area contributed by atoms with Crippen molar-refractivity contribution in [3.63, 3.8) is 0 Å². The molecule has 0 amide bonds. The molecule has 0 saturated carbocycles. The van der Waals surface area contributed by atoms with Crippen molar-refractivity contribution in [2.45, 2.75) is 57.1 Å². The summed E-state index contributed by atoms with van der Waals surface area (Å²) in [7, 11) is 0. The van der Waals surface area contributed by atoms with Crippen molar-refractivity contribution in [1.29, 1.82) is 0 Å². The van der Waals surface area contributed by atoms with E-state index in [1.165, 1.54) is 0 Å². The molecule has 0 aromatic heterocycles. The van der Waals surface area contributed by atoms with Gasteiger partial charge in [0.2, 0.25) is 0 Å². The molecular formula is C37H40ClIO6. The molecule has 1 aliphatic heterocycles. The van der Waals surface area contributed by atoms with E-state index in [2.05, 4.69) is 40.8 Å². The second-order valence-electron chi connectivity index (χ2n) is 11.0. The van der Waals surface area contributed by atoms with E-state index in [1.54, 1.807) is 0 Å². The molecule has 8 heteroatoms. The molecule has 1 N–H and O–H groups in total. The number of alkyl halides is 1. The van der Waals surface area contributed by atoms with E-state index in [-0.39, 0.29) is 6.61 Å². The molecule has 0 bridgehead atoms. The molecule has 5 rings (SSSR count). The number of aliphatic hydroxyl groups is 1. The Hall–Kier alpha value is -2.50. The summed E-state index contributed by atoms with van der Waals surface area (Å²) in [6.07, 6.45) is -0.571. The number of benzene rings is 4. The van der Waals surface area contributed by atoms with Gasteiger partial charge in [-0.1, -0.05) is 119 Å². The summed E-state index contributed by atoms with van der Waals surface area (Å²) in [5.74, 6) is -0.415. The summed E-state index contributed by atoms with van der Waals surface area (Å²) < 4.78 is 32.6. The number of ether oxygens (including phenoxy) is 5. The van der Waals surface area contributed by atoms with Gasteiger partial charge in [-0.05, 0) is 59.4 Å². The number of halogens is 2. The van der Waals surface area contributed by atoms with Crippen LogP contribution in [0.1, 0.15) is 47.3 Å². The Morgan fingerprint density at radius 3 is 2.16 bits per heavy atom. The fraction of sp³-hybridized carbons (Fsp3) is 0.351. The molecule has 4 aromatic rings. The molecule has 0 radical (unpaired) electrons. The molecule has 45 heavy (non-hydrogen) atoms. The average Bonchev–Trinajstić information content (AvgIpc) is 3.08. The van der Waals surface area contributed by atoms with Crippen LogP contribution >= 0.6 is 34.2 Å². The molecule has 6 nitrogen and oxygen atoms in total. The Balaban J connectivity index is 1.48. The highest BCUT2D eigenvalue weighted by Gasteiger charge is 2.50. The van der Waals surface area contributed by atoms with Crippen LogP contribution in [-0.2, 0) is 38.6 Å². The monoisotopic (exact) mass is 742 g/mol. The summed E-state index contributed by atoms with van der Waals surface area (Å²) in [5, 5.41) is 11.4. The van der Waals surface area contributed by atoms with Gasteiger partial charge in [0.15, 0.2) is 5.79 Å². The van der Waals surface area contributed by atoms with Crippen LogP contribution in [0, 0.1) is 0 Å². The third kappa shape index (κ3) is 9.29. The SMILES string of the molecule is CCOc1ccc(Cc2cc([C@@H]3O[C@](CO)(OCCI)C[C@H](OCc4ccccc4)[C@@H]3OCc3ccccc3)ccc2Cl)cc1. The molecule has 1 heterocycles. The Morgan fingerprint density at radius 1 is 0.867 bits per heavy atom. The van der Waals surface area contributed by atoms with Crippen LogP contribution < -0.4 is 4.74 Å². The van der Waals surface area contributed by atoms with Crippen molar-refractivity contribution in [2.75, 3.05) is 24.2 Å². The zero-order chi connectivity index (χ0) is 31.5. The molecule has 1 fully saturated rings. The fourth-order valence-electron chi connectivity index (χ4n) is 5.58. The number of rotatable bonds is 15. The highest BCUT2D eigenvalue weighted by molar-refractivity contribution is 14.1. The van der Waals surface area contributed by atoms with Gasteiger partial charge >= 0.3 is 0 Å². The van der Waals surface area contributed by atoms with Crippen LogP contribution in [0.3, 0.4) is 0 Å². The third-order valence-corrected chi connectivity index (χ3v) is 8.63. The highest BCUT2D eigenvalue weighted by atomic mass is 127. The topological polar surface area (TPSA) is 66.4 Å². The van der Waals surface area contributed by atoms with E-state index in [0.29, 0.717) is 44.3 Å². The lowest BCUT2D eigenvalue weighted by molar-refractivity contribution is -0.341. The van der Waals surface area contributed by atoms with Gasteiger partial charge < -0.3 is 28.8 Å². The molecule has 1 saturated heterocycles. The van der Waals surface area contributed by atoms with Gasteiger partial charge in [-0.2, -0.15) is 0 Å². The van der Waals surface area contributed by atoms with Crippen LogP contribution in [-0.4, -0.2) is 47.3 Å². The largest absolute Gasteiger partial charge is 0.494 e. The summed E-state index contributed by atoms with van der Waals surface area (Å²) in [6.45, 7) is 3.47. The Morgan fingerprint density at radius 2 is 1.53 bits per heavy atom. The van der Waals surface area contributed by atoms with Gasteiger partial charge in [-0.15, -0.1) is 0 Å². The van der Waals surface area contributed by atoms with Gasteiger partial charge in [0.1, 0.15) is 18.0 Å². The van der Waals surface area contributed by atoms with Gasteiger partial charge in [0.25, 0.3) is 0 Å². The predicted octanol–water partition coefficient (Wildman–Crippen LogP) is 8.10. The normalized spacial score (nSPS) is 21.5. The van der Waals surface area contributed by atoms with Crippen molar-refractivity contribution >= 4 is 34.2 Å². The zero-order valence-corrected chi connectivity index (χ0v) is 28.4. The lowest BCUT2D eigenvalue weighted by Gasteiger charge is -2.47. The van der Waals surface area contributed by atoms with Gasteiger partial charge in [-0.3, -0.25) is 0 Å².